The van der Waals surface area contributed by atoms with Crippen LogP contribution in [-0.2, 0) is 0 Å². The molecule has 0 unspecified atom stereocenters. The number of benzene rings is 1. The zero-order valence-electron chi connectivity index (χ0n) is 7.97. The Hall–Kier alpha value is -0.370. The van der Waals surface area contributed by atoms with Crippen LogP contribution in [0.4, 0.5) is 4.39 Å². The Labute approximate surface area is 92.6 Å². The minimum atomic E-state index is -0.142. The highest BCUT2D eigenvalue weighted by Crippen LogP contribution is 2.33. The highest BCUT2D eigenvalue weighted by molar-refractivity contribution is 9.10. The van der Waals surface area contributed by atoms with Crippen molar-refractivity contribution < 1.29 is 4.39 Å². The Morgan fingerprint density at radius 1 is 1.21 bits per heavy atom. The fourth-order valence-corrected chi connectivity index (χ4v) is 2.27. The molecule has 2 heteroatoms. The van der Waals surface area contributed by atoms with Crippen LogP contribution < -0.4 is 0 Å². The lowest BCUT2D eigenvalue weighted by atomic mass is 9.84. The molecule has 1 aliphatic carbocycles. The number of rotatable bonds is 1. The van der Waals surface area contributed by atoms with Crippen molar-refractivity contribution in [2.75, 3.05) is 0 Å². The molecule has 14 heavy (non-hydrogen) atoms. The van der Waals surface area contributed by atoms with Crippen LogP contribution in [0.3, 0.4) is 0 Å². The molecule has 1 aliphatic rings. The molecule has 1 saturated carbocycles. The van der Waals surface area contributed by atoms with Gasteiger partial charge in [-0.05, 0) is 71.6 Å². The molecule has 0 nitrogen and oxygen atoms in total. The fourth-order valence-electron chi connectivity index (χ4n) is 2.03. The Morgan fingerprint density at radius 2 is 1.93 bits per heavy atom. The van der Waals surface area contributed by atoms with Crippen LogP contribution in [-0.4, -0.2) is 0 Å². The van der Waals surface area contributed by atoms with Crippen LogP contribution in [0.2, 0.25) is 0 Å². The van der Waals surface area contributed by atoms with Crippen molar-refractivity contribution in [1.29, 1.82) is 0 Å². The maximum atomic E-state index is 13.3. The molecule has 75 valence electrons. The Kier molecular flexibility index (Phi) is 3.22. The van der Waals surface area contributed by atoms with Crippen LogP contribution in [0.5, 0.6) is 0 Å². The van der Waals surface area contributed by atoms with E-state index < -0.39 is 0 Å². The average Bonchev–Trinajstić information content (AvgIpc) is 2.23. The first-order valence-corrected chi connectivity index (χ1v) is 5.83. The van der Waals surface area contributed by atoms with Crippen molar-refractivity contribution in [3.63, 3.8) is 0 Å². The van der Waals surface area contributed by atoms with Gasteiger partial charge in [0.25, 0.3) is 0 Å². The maximum absolute atomic E-state index is 13.3. The number of hydrogen-bond acceptors (Lipinski definition) is 0. The molecule has 0 aliphatic heterocycles. The summed E-state index contributed by atoms with van der Waals surface area (Å²) < 4.78 is 13.8. The zero-order valence-corrected chi connectivity index (χ0v) is 9.56. The molecule has 0 N–H and O–H groups in total. The van der Waals surface area contributed by atoms with Gasteiger partial charge < -0.3 is 0 Å². The molecule has 1 fully saturated rings. The summed E-state index contributed by atoms with van der Waals surface area (Å²) >= 11 is 3.17. The van der Waals surface area contributed by atoms with Crippen molar-refractivity contribution in [2.45, 2.75) is 31.6 Å². The highest BCUT2D eigenvalue weighted by Gasteiger charge is 2.16. The molecular weight excluding hydrogens is 243 g/mol. The van der Waals surface area contributed by atoms with E-state index in [0.717, 1.165) is 5.56 Å². The molecule has 0 heterocycles. The standard InChI is InChI=1S/C12H13BrF/c13-11-7-6-10(8-12(11)14)9-4-2-1-3-5-9/h1,6-9H,2-5H2. The van der Waals surface area contributed by atoms with Crippen molar-refractivity contribution in [3.8, 4) is 0 Å². The average molecular weight is 256 g/mol. The van der Waals surface area contributed by atoms with E-state index in [1.54, 1.807) is 6.07 Å². The number of halogens is 2. The van der Waals surface area contributed by atoms with Gasteiger partial charge >= 0.3 is 0 Å². The summed E-state index contributed by atoms with van der Waals surface area (Å²) in [6.07, 6.45) is 7.00. The van der Waals surface area contributed by atoms with Crippen molar-refractivity contribution in [1.82, 2.24) is 0 Å². The van der Waals surface area contributed by atoms with Gasteiger partial charge in [-0.25, -0.2) is 4.39 Å². The molecule has 0 spiro atoms. The summed E-state index contributed by atoms with van der Waals surface area (Å²) in [5.74, 6) is 0.416. The first-order chi connectivity index (χ1) is 6.77. The van der Waals surface area contributed by atoms with E-state index in [-0.39, 0.29) is 5.82 Å². The second-order valence-electron chi connectivity index (χ2n) is 3.81. The lowest BCUT2D eigenvalue weighted by Gasteiger charge is -2.21. The van der Waals surface area contributed by atoms with Gasteiger partial charge in [-0.15, -0.1) is 0 Å². The minimum absolute atomic E-state index is 0.142. The van der Waals surface area contributed by atoms with E-state index in [2.05, 4.69) is 22.4 Å². The molecule has 1 radical (unpaired) electrons. The second kappa shape index (κ2) is 4.43. The summed E-state index contributed by atoms with van der Waals surface area (Å²) in [7, 11) is 0. The van der Waals surface area contributed by atoms with Crippen LogP contribution in [0.15, 0.2) is 22.7 Å². The van der Waals surface area contributed by atoms with Crippen molar-refractivity contribution in [3.05, 3.63) is 40.5 Å². The summed E-state index contributed by atoms with van der Waals surface area (Å²) in [4.78, 5) is 0. The van der Waals surface area contributed by atoms with E-state index in [1.165, 1.54) is 25.7 Å². The zero-order chi connectivity index (χ0) is 9.97. The molecule has 0 atom stereocenters. The van der Waals surface area contributed by atoms with Gasteiger partial charge in [-0.3, -0.25) is 0 Å². The van der Waals surface area contributed by atoms with Gasteiger partial charge in [-0.1, -0.05) is 6.07 Å². The Balaban J connectivity index is 2.18. The predicted molar refractivity (Wildman–Crippen MR) is 59.6 cm³/mol. The second-order valence-corrected chi connectivity index (χ2v) is 4.67. The van der Waals surface area contributed by atoms with Crippen LogP contribution in [0.1, 0.15) is 37.2 Å². The molecule has 2 rings (SSSR count). The van der Waals surface area contributed by atoms with Gasteiger partial charge in [0.05, 0.1) is 4.47 Å². The lowest BCUT2D eigenvalue weighted by molar-refractivity contribution is 0.507. The molecule has 0 aromatic heterocycles. The van der Waals surface area contributed by atoms with Crippen molar-refractivity contribution in [2.24, 2.45) is 0 Å². The quantitative estimate of drug-likeness (QED) is 0.696. The smallest absolute Gasteiger partial charge is 0.137 e. The van der Waals surface area contributed by atoms with Crippen LogP contribution in [0.25, 0.3) is 0 Å². The summed E-state index contributed by atoms with van der Waals surface area (Å²) in [5.41, 5.74) is 1.15. The third kappa shape index (κ3) is 2.17. The lowest BCUT2D eigenvalue weighted by Crippen LogP contribution is -2.05. The summed E-state index contributed by atoms with van der Waals surface area (Å²) in [5, 5.41) is 0. The molecule has 1 aromatic rings. The Bertz CT molecular complexity index is 316. The third-order valence-corrected chi connectivity index (χ3v) is 3.50. The molecular formula is C12H13BrF. The Morgan fingerprint density at radius 3 is 2.57 bits per heavy atom. The summed E-state index contributed by atoms with van der Waals surface area (Å²) in [6, 6.07) is 5.51. The first kappa shape index (κ1) is 10.2. The fraction of sp³-hybridized carbons (Fsp3) is 0.417. The van der Waals surface area contributed by atoms with Crippen molar-refractivity contribution >= 4 is 15.9 Å². The minimum Gasteiger partial charge on any atom is -0.206 e. The van der Waals surface area contributed by atoms with Crippen LogP contribution >= 0.6 is 15.9 Å². The van der Waals surface area contributed by atoms with E-state index >= 15 is 0 Å². The third-order valence-electron chi connectivity index (χ3n) is 2.85. The normalized spacial score (nSPS) is 18.4. The first-order valence-electron chi connectivity index (χ1n) is 5.04. The number of hydrogen-bond donors (Lipinski definition) is 0. The SMILES string of the molecule is Fc1cc(C2CC[CH]CC2)ccc1Br. The largest absolute Gasteiger partial charge is 0.206 e. The van der Waals surface area contributed by atoms with Crippen LogP contribution in [0, 0.1) is 12.2 Å². The molecule has 1 aromatic carbocycles. The van der Waals surface area contributed by atoms with E-state index in [1.807, 2.05) is 12.1 Å². The molecule has 0 amide bonds. The van der Waals surface area contributed by atoms with Gasteiger partial charge in [0.15, 0.2) is 0 Å². The monoisotopic (exact) mass is 255 g/mol. The van der Waals surface area contributed by atoms with Gasteiger partial charge in [0, 0.05) is 0 Å². The molecule has 0 bridgehead atoms. The summed E-state index contributed by atoms with van der Waals surface area (Å²) in [6.45, 7) is 0. The maximum Gasteiger partial charge on any atom is 0.137 e. The van der Waals surface area contributed by atoms with Gasteiger partial charge in [0.1, 0.15) is 5.82 Å². The highest BCUT2D eigenvalue weighted by atomic mass is 79.9. The topological polar surface area (TPSA) is 0 Å². The van der Waals surface area contributed by atoms with E-state index in [9.17, 15) is 4.39 Å². The molecule has 0 saturated heterocycles. The van der Waals surface area contributed by atoms with E-state index in [0.29, 0.717) is 10.4 Å². The van der Waals surface area contributed by atoms with Gasteiger partial charge in [-0.2, -0.15) is 0 Å². The van der Waals surface area contributed by atoms with E-state index in [4.69, 9.17) is 0 Å². The predicted octanol–water partition coefficient (Wildman–Crippen LogP) is 4.45. The van der Waals surface area contributed by atoms with Gasteiger partial charge in [0.2, 0.25) is 0 Å².